The zero-order valence-corrected chi connectivity index (χ0v) is 14.1. The molecular formula is C18H27N3O2. The molecule has 2 fully saturated rings. The third-order valence-corrected chi connectivity index (χ3v) is 5.40. The maximum atomic E-state index is 11.4. The van der Waals surface area contributed by atoms with Crippen molar-refractivity contribution in [2.45, 2.75) is 31.8 Å². The molecule has 5 nitrogen and oxygen atoms in total. The highest BCUT2D eigenvalue weighted by atomic mass is 16.4. The summed E-state index contributed by atoms with van der Waals surface area (Å²) in [5, 5.41) is 9.37. The van der Waals surface area contributed by atoms with Gasteiger partial charge in [0.2, 0.25) is 0 Å². The Kier molecular flexibility index (Phi) is 4.87. The summed E-state index contributed by atoms with van der Waals surface area (Å²) >= 11 is 0. The van der Waals surface area contributed by atoms with Crippen LogP contribution in [0.2, 0.25) is 0 Å². The van der Waals surface area contributed by atoms with E-state index in [1.54, 1.807) is 0 Å². The lowest BCUT2D eigenvalue weighted by atomic mass is 9.99. The number of carboxylic acids is 1. The molecule has 0 aromatic heterocycles. The van der Waals surface area contributed by atoms with Crippen LogP contribution in [-0.2, 0) is 4.79 Å². The number of carbonyl (C=O) groups is 1. The molecule has 2 saturated heterocycles. The number of carboxylic acid groups (broad SMARTS) is 1. The first-order chi connectivity index (χ1) is 11.1. The number of hydrogen-bond donors (Lipinski definition) is 1. The second-order valence-electron chi connectivity index (χ2n) is 6.83. The first-order valence-electron chi connectivity index (χ1n) is 8.54. The van der Waals surface area contributed by atoms with Gasteiger partial charge in [0.25, 0.3) is 0 Å². The zero-order valence-electron chi connectivity index (χ0n) is 14.1. The Balaban J connectivity index is 1.59. The van der Waals surface area contributed by atoms with Crippen molar-refractivity contribution in [2.75, 3.05) is 44.7 Å². The fourth-order valence-electron chi connectivity index (χ4n) is 3.88. The first-order valence-corrected chi connectivity index (χ1v) is 8.54. The Morgan fingerprint density at radius 2 is 1.83 bits per heavy atom. The number of aryl methyl sites for hydroxylation is 1. The van der Waals surface area contributed by atoms with Gasteiger partial charge in [-0.25, -0.2) is 0 Å². The molecule has 2 aliphatic rings. The van der Waals surface area contributed by atoms with Crippen LogP contribution in [0, 0.1) is 6.92 Å². The number of piperidine rings is 1. The van der Waals surface area contributed by atoms with Gasteiger partial charge in [0.15, 0.2) is 0 Å². The van der Waals surface area contributed by atoms with E-state index in [0.29, 0.717) is 12.6 Å². The summed E-state index contributed by atoms with van der Waals surface area (Å²) in [5.41, 5.74) is 2.67. The van der Waals surface area contributed by atoms with Crippen LogP contribution in [0.1, 0.15) is 18.4 Å². The molecular weight excluding hydrogens is 290 g/mol. The summed E-state index contributed by atoms with van der Waals surface area (Å²) < 4.78 is 0. The van der Waals surface area contributed by atoms with Crippen LogP contribution in [0.25, 0.3) is 0 Å². The first kappa shape index (κ1) is 16.3. The molecule has 0 radical (unpaired) electrons. The van der Waals surface area contributed by atoms with Crippen molar-refractivity contribution in [1.29, 1.82) is 0 Å². The van der Waals surface area contributed by atoms with E-state index >= 15 is 0 Å². The normalized spacial score (nSPS) is 24.8. The molecule has 3 rings (SSSR count). The van der Waals surface area contributed by atoms with Crippen LogP contribution in [-0.4, -0.2) is 72.7 Å². The number of anilines is 1. The van der Waals surface area contributed by atoms with Crippen molar-refractivity contribution in [1.82, 2.24) is 9.80 Å². The molecule has 1 atom stereocenters. The Bertz CT molecular complexity index is 555. The lowest BCUT2D eigenvalue weighted by Crippen LogP contribution is -2.58. The topological polar surface area (TPSA) is 47.0 Å². The van der Waals surface area contributed by atoms with Crippen LogP contribution in [0.3, 0.4) is 0 Å². The van der Waals surface area contributed by atoms with Gasteiger partial charge in [-0.3, -0.25) is 14.6 Å². The van der Waals surface area contributed by atoms with Crippen molar-refractivity contribution in [2.24, 2.45) is 0 Å². The predicted molar refractivity (Wildman–Crippen MR) is 92.0 cm³/mol. The summed E-state index contributed by atoms with van der Waals surface area (Å²) in [6.45, 7) is 6.75. The molecule has 2 aliphatic heterocycles. The molecule has 126 valence electrons. The number of hydrogen-bond acceptors (Lipinski definition) is 4. The van der Waals surface area contributed by atoms with Gasteiger partial charge in [-0.2, -0.15) is 0 Å². The molecule has 0 bridgehead atoms. The van der Waals surface area contributed by atoms with E-state index in [1.807, 2.05) is 11.9 Å². The number of piperazine rings is 1. The van der Waals surface area contributed by atoms with E-state index in [0.717, 1.165) is 39.0 Å². The van der Waals surface area contributed by atoms with E-state index in [-0.39, 0.29) is 6.04 Å². The summed E-state index contributed by atoms with van der Waals surface area (Å²) in [5.74, 6) is -0.699. The summed E-state index contributed by atoms with van der Waals surface area (Å²) in [6, 6.07) is 8.71. The van der Waals surface area contributed by atoms with Gasteiger partial charge in [0.1, 0.15) is 6.04 Å². The van der Waals surface area contributed by atoms with Crippen molar-refractivity contribution in [3.8, 4) is 0 Å². The van der Waals surface area contributed by atoms with Crippen molar-refractivity contribution >= 4 is 11.7 Å². The number of benzene rings is 1. The second kappa shape index (κ2) is 6.89. The fourth-order valence-corrected chi connectivity index (χ4v) is 3.88. The smallest absolute Gasteiger partial charge is 0.322 e. The fraction of sp³-hybridized carbons (Fsp3) is 0.611. The largest absolute Gasteiger partial charge is 0.480 e. The summed E-state index contributed by atoms with van der Waals surface area (Å²) in [6.07, 6.45) is 2.23. The SMILES string of the molecule is Cc1ccccc1N1CCC(N2CCN(C)C(C(=O)O)C2)CC1. The quantitative estimate of drug-likeness (QED) is 0.919. The van der Waals surface area contributed by atoms with Gasteiger partial charge in [-0.15, -0.1) is 0 Å². The molecule has 2 heterocycles. The number of nitrogens with zero attached hydrogens (tertiary/aromatic N) is 3. The lowest BCUT2D eigenvalue weighted by Gasteiger charge is -2.44. The van der Waals surface area contributed by atoms with Crippen LogP contribution in [0.4, 0.5) is 5.69 Å². The molecule has 1 N–H and O–H groups in total. The minimum absolute atomic E-state index is 0.363. The van der Waals surface area contributed by atoms with Gasteiger partial charge in [0, 0.05) is 44.5 Å². The minimum Gasteiger partial charge on any atom is -0.480 e. The Hall–Kier alpha value is -1.59. The van der Waals surface area contributed by atoms with Crippen LogP contribution >= 0.6 is 0 Å². The molecule has 1 aromatic rings. The summed E-state index contributed by atoms with van der Waals surface area (Å²) in [7, 11) is 1.91. The number of likely N-dealkylation sites (N-methyl/N-ethyl adjacent to an activating group) is 1. The molecule has 0 amide bonds. The van der Waals surface area contributed by atoms with Gasteiger partial charge in [-0.05, 0) is 38.4 Å². The average molecular weight is 317 g/mol. The Morgan fingerprint density at radius 1 is 1.13 bits per heavy atom. The van der Waals surface area contributed by atoms with Gasteiger partial charge in [0.05, 0.1) is 0 Å². The van der Waals surface area contributed by atoms with E-state index < -0.39 is 5.97 Å². The standard InChI is InChI=1S/C18H27N3O2/c1-14-5-3-4-6-16(14)20-9-7-15(8-10-20)21-12-11-19(2)17(13-21)18(22)23/h3-6,15,17H,7-13H2,1-2H3,(H,22,23). The molecule has 5 heteroatoms. The molecule has 0 saturated carbocycles. The van der Waals surface area contributed by atoms with E-state index in [1.165, 1.54) is 11.3 Å². The average Bonchev–Trinajstić information content (AvgIpc) is 2.56. The van der Waals surface area contributed by atoms with Gasteiger partial charge in [-0.1, -0.05) is 18.2 Å². The van der Waals surface area contributed by atoms with Gasteiger partial charge >= 0.3 is 5.97 Å². The highest BCUT2D eigenvalue weighted by Gasteiger charge is 2.34. The third kappa shape index (κ3) is 3.51. The molecule has 23 heavy (non-hydrogen) atoms. The number of aliphatic carboxylic acids is 1. The Labute approximate surface area is 138 Å². The van der Waals surface area contributed by atoms with E-state index in [4.69, 9.17) is 0 Å². The second-order valence-corrected chi connectivity index (χ2v) is 6.83. The molecule has 0 spiro atoms. The highest BCUT2D eigenvalue weighted by Crippen LogP contribution is 2.26. The molecule has 1 aromatic carbocycles. The lowest BCUT2D eigenvalue weighted by molar-refractivity contribution is -0.145. The third-order valence-electron chi connectivity index (χ3n) is 5.40. The highest BCUT2D eigenvalue weighted by molar-refractivity contribution is 5.73. The van der Waals surface area contributed by atoms with Gasteiger partial charge < -0.3 is 10.0 Å². The maximum absolute atomic E-state index is 11.4. The van der Waals surface area contributed by atoms with Crippen LogP contribution in [0.15, 0.2) is 24.3 Å². The van der Waals surface area contributed by atoms with Crippen LogP contribution < -0.4 is 4.90 Å². The van der Waals surface area contributed by atoms with Crippen LogP contribution in [0.5, 0.6) is 0 Å². The number of para-hydroxylation sites is 1. The monoisotopic (exact) mass is 317 g/mol. The Morgan fingerprint density at radius 3 is 2.48 bits per heavy atom. The summed E-state index contributed by atoms with van der Waals surface area (Å²) in [4.78, 5) is 18.2. The van der Waals surface area contributed by atoms with Crippen molar-refractivity contribution < 1.29 is 9.90 Å². The minimum atomic E-state index is -0.699. The molecule has 0 aliphatic carbocycles. The number of rotatable bonds is 3. The van der Waals surface area contributed by atoms with E-state index in [9.17, 15) is 9.90 Å². The van der Waals surface area contributed by atoms with Crippen molar-refractivity contribution in [3.63, 3.8) is 0 Å². The van der Waals surface area contributed by atoms with Crippen molar-refractivity contribution in [3.05, 3.63) is 29.8 Å². The zero-order chi connectivity index (χ0) is 16.4. The predicted octanol–water partition coefficient (Wildman–Crippen LogP) is 1.66. The van der Waals surface area contributed by atoms with E-state index in [2.05, 4.69) is 41.0 Å². The molecule has 1 unspecified atom stereocenters. The maximum Gasteiger partial charge on any atom is 0.322 e.